The zero-order valence-corrected chi connectivity index (χ0v) is 17.5. The maximum Gasteiger partial charge on any atom is 0.244 e. The molecular weight excluding hydrogens is 396 g/mol. The molecule has 4 rings (SSSR count). The highest BCUT2D eigenvalue weighted by Gasteiger charge is 2.36. The Kier molecular flexibility index (Phi) is 5.86. The van der Waals surface area contributed by atoms with Crippen LogP contribution in [0.2, 0.25) is 5.02 Å². The second-order valence-electron chi connectivity index (χ2n) is 7.43. The third kappa shape index (κ3) is 3.96. The summed E-state index contributed by atoms with van der Waals surface area (Å²) in [5.74, 6) is -0.611. The first-order valence-electron chi connectivity index (χ1n) is 10.1. The van der Waals surface area contributed by atoms with E-state index in [1.807, 2.05) is 73.7 Å². The summed E-state index contributed by atoms with van der Waals surface area (Å²) in [6, 6.07) is 24.5. The van der Waals surface area contributed by atoms with Crippen molar-refractivity contribution in [3.63, 3.8) is 0 Å². The maximum absolute atomic E-state index is 13.8. The first-order chi connectivity index (χ1) is 14.6. The SMILES string of the molecule is CCC(C(=O)N1CC(=O)Nc2ccc(Cl)cc2C1c1ccccc1)c1ccccc1. The van der Waals surface area contributed by atoms with Gasteiger partial charge in [0.05, 0.1) is 12.0 Å². The number of carbonyl (C=O) groups excluding carboxylic acids is 2. The molecule has 1 aliphatic heterocycles. The number of benzene rings is 3. The summed E-state index contributed by atoms with van der Waals surface area (Å²) < 4.78 is 0. The van der Waals surface area contributed by atoms with Crippen LogP contribution in [0.25, 0.3) is 0 Å². The van der Waals surface area contributed by atoms with Crippen molar-refractivity contribution in [1.82, 2.24) is 4.90 Å². The van der Waals surface area contributed by atoms with Gasteiger partial charge in [-0.1, -0.05) is 79.2 Å². The Labute approximate surface area is 181 Å². The Morgan fingerprint density at radius 2 is 1.73 bits per heavy atom. The zero-order valence-electron chi connectivity index (χ0n) is 16.7. The van der Waals surface area contributed by atoms with Crippen LogP contribution >= 0.6 is 11.6 Å². The molecule has 4 nitrogen and oxygen atoms in total. The van der Waals surface area contributed by atoms with Gasteiger partial charge in [0.1, 0.15) is 6.54 Å². The van der Waals surface area contributed by atoms with E-state index in [4.69, 9.17) is 11.6 Å². The molecule has 0 aliphatic carbocycles. The van der Waals surface area contributed by atoms with Gasteiger partial charge in [0.2, 0.25) is 11.8 Å². The fourth-order valence-corrected chi connectivity index (χ4v) is 4.30. The van der Waals surface area contributed by atoms with Gasteiger partial charge in [-0.2, -0.15) is 0 Å². The number of hydrogen-bond acceptors (Lipinski definition) is 2. The Hall–Kier alpha value is -3.11. The Bertz CT molecular complexity index is 1050. The van der Waals surface area contributed by atoms with E-state index < -0.39 is 6.04 Å². The van der Waals surface area contributed by atoms with Crippen molar-refractivity contribution in [1.29, 1.82) is 0 Å². The van der Waals surface area contributed by atoms with E-state index in [9.17, 15) is 9.59 Å². The van der Waals surface area contributed by atoms with E-state index in [0.717, 1.165) is 16.7 Å². The van der Waals surface area contributed by atoms with Crippen molar-refractivity contribution in [3.05, 3.63) is 101 Å². The molecule has 0 fully saturated rings. The summed E-state index contributed by atoms with van der Waals surface area (Å²) in [6.45, 7) is 1.98. The van der Waals surface area contributed by atoms with Crippen LogP contribution in [0.15, 0.2) is 78.9 Å². The number of anilines is 1. The van der Waals surface area contributed by atoms with Gasteiger partial charge in [0.15, 0.2) is 0 Å². The highest BCUT2D eigenvalue weighted by Crippen LogP contribution is 2.39. The minimum absolute atomic E-state index is 0.0198. The lowest BCUT2D eigenvalue weighted by Crippen LogP contribution is -2.41. The van der Waals surface area contributed by atoms with Crippen LogP contribution in [0.1, 0.15) is 42.0 Å². The highest BCUT2D eigenvalue weighted by atomic mass is 35.5. The van der Waals surface area contributed by atoms with Crippen LogP contribution in [-0.2, 0) is 9.59 Å². The molecule has 152 valence electrons. The number of rotatable bonds is 4. The lowest BCUT2D eigenvalue weighted by Gasteiger charge is -2.33. The zero-order chi connectivity index (χ0) is 21.1. The van der Waals surface area contributed by atoms with Gasteiger partial charge in [0, 0.05) is 16.3 Å². The number of nitrogens with zero attached hydrogens (tertiary/aromatic N) is 1. The van der Waals surface area contributed by atoms with E-state index in [1.165, 1.54) is 0 Å². The van der Waals surface area contributed by atoms with Gasteiger partial charge in [-0.15, -0.1) is 0 Å². The van der Waals surface area contributed by atoms with Gasteiger partial charge in [0.25, 0.3) is 0 Å². The summed E-state index contributed by atoms with van der Waals surface area (Å²) in [5.41, 5.74) is 3.39. The summed E-state index contributed by atoms with van der Waals surface area (Å²) in [7, 11) is 0. The topological polar surface area (TPSA) is 49.4 Å². The molecule has 1 aliphatic rings. The van der Waals surface area contributed by atoms with Gasteiger partial charge in [-0.05, 0) is 35.7 Å². The Balaban J connectivity index is 1.85. The molecule has 1 N–H and O–H groups in total. The molecule has 0 saturated heterocycles. The van der Waals surface area contributed by atoms with Crippen LogP contribution in [0, 0.1) is 0 Å². The molecule has 0 radical (unpaired) electrons. The quantitative estimate of drug-likeness (QED) is 0.616. The first-order valence-corrected chi connectivity index (χ1v) is 10.5. The highest BCUT2D eigenvalue weighted by molar-refractivity contribution is 6.30. The van der Waals surface area contributed by atoms with Crippen LogP contribution in [0.4, 0.5) is 5.69 Å². The van der Waals surface area contributed by atoms with Gasteiger partial charge < -0.3 is 10.2 Å². The molecule has 5 heteroatoms. The van der Waals surface area contributed by atoms with E-state index in [1.54, 1.807) is 17.0 Å². The minimum Gasteiger partial charge on any atom is -0.324 e. The molecule has 3 aromatic rings. The molecule has 0 aromatic heterocycles. The van der Waals surface area contributed by atoms with Crippen LogP contribution < -0.4 is 5.32 Å². The van der Waals surface area contributed by atoms with Gasteiger partial charge in [-0.25, -0.2) is 0 Å². The van der Waals surface area contributed by atoms with Crippen molar-refractivity contribution in [2.45, 2.75) is 25.3 Å². The van der Waals surface area contributed by atoms with Crippen LogP contribution in [0.3, 0.4) is 0 Å². The smallest absolute Gasteiger partial charge is 0.244 e. The largest absolute Gasteiger partial charge is 0.324 e. The lowest BCUT2D eigenvalue weighted by atomic mass is 9.91. The monoisotopic (exact) mass is 418 g/mol. The normalized spacial score (nSPS) is 16.9. The fraction of sp³-hybridized carbons (Fsp3) is 0.200. The lowest BCUT2D eigenvalue weighted by molar-refractivity contribution is -0.137. The number of carbonyl (C=O) groups is 2. The molecule has 0 saturated carbocycles. The standard InChI is InChI=1S/C25H23ClN2O2/c1-2-20(17-9-5-3-6-10-17)25(30)28-16-23(29)27-22-14-13-19(26)15-21(22)24(28)18-11-7-4-8-12-18/h3-15,20,24H,2,16H2,1H3,(H,27,29). The van der Waals surface area contributed by atoms with Crippen molar-refractivity contribution in [2.24, 2.45) is 0 Å². The molecule has 2 atom stereocenters. The van der Waals surface area contributed by atoms with E-state index in [2.05, 4.69) is 5.32 Å². The summed E-state index contributed by atoms with van der Waals surface area (Å²) >= 11 is 6.32. The molecule has 2 unspecified atom stereocenters. The molecule has 0 bridgehead atoms. The fourth-order valence-electron chi connectivity index (χ4n) is 4.12. The van der Waals surface area contributed by atoms with Crippen molar-refractivity contribution in [2.75, 3.05) is 11.9 Å². The second kappa shape index (κ2) is 8.72. The molecule has 2 amide bonds. The molecule has 0 spiro atoms. The second-order valence-corrected chi connectivity index (χ2v) is 7.87. The van der Waals surface area contributed by atoms with Crippen LogP contribution in [-0.4, -0.2) is 23.3 Å². The number of halogens is 1. The summed E-state index contributed by atoms with van der Waals surface area (Å²) in [4.78, 5) is 28.2. The predicted molar refractivity (Wildman–Crippen MR) is 120 cm³/mol. The Morgan fingerprint density at radius 1 is 1.07 bits per heavy atom. The van der Waals surface area contributed by atoms with E-state index >= 15 is 0 Å². The number of hydrogen-bond donors (Lipinski definition) is 1. The Morgan fingerprint density at radius 3 is 2.40 bits per heavy atom. The van der Waals surface area contributed by atoms with Crippen molar-refractivity contribution < 1.29 is 9.59 Å². The minimum atomic E-state index is -0.413. The average molecular weight is 419 g/mol. The molecular formula is C25H23ClN2O2. The maximum atomic E-state index is 13.8. The van der Waals surface area contributed by atoms with Crippen LogP contribution in [0.5, 0.6) is 0 Å². The summed E-state index contributed by atoms with van der Waals surface area (Å²) in [6.07, 6.45) is 0.644. The van der Waals surface area contributed by atoms with E-state index in [-0.39, 0.29) is 24.3 Å². The number of amides is 2. The number of nitrogens with one attached hydrogen (secondary N) is 1. The third-order valence-corrected chi connectivity index (χ3v) is 5.75. The summed E-state index contributed by atoms with van der Waals surface area (Å²) in [5, 5.41) is 3.50. The number of fused-ring (bicyclic) bond motifs is 1. The van der Waals surface area contributed by atoms with Gasteiger partial charge in [-0.3, -0.25) is 9.59 Å². The predicted octanol–water partition coefficient (Wildman–Crippen LogP) is 5.40. The van der Waals surface area contributed by atoms with Crippen molar-refractivity contribution in [3.8, 4) is 0 Å². The molecule has 3 aromatic carbocycles. The van der Waals surface area contributed by atoms with Gasteiger partial charge >= 0.3 is 0 Å². The molecule has 1 heterocycles. The first kappa shape index (κ1) is 20.2. The molecule has 30 heavy (non-hydrogen) atoms. The van der Waals surface area contributed by atoms with E-state index in [0.29, 0.717) is 17.1 Å². The van der Waals surface area contributed by atoms with Crippen molar-refractivity contribution >= 4 is 29.1 Å². The average Bonchev–Trinajstić information content (AvgIpc) is 2.91. The third-order valence-electron chi connectivity index (χ3n) is 5.51.